The number of esters is 1. The maximum absolute atomic E-state index is 13.4. The molecule has 4 rings (SSSR count). The Morgan fingerprint density at radius 2 is 1.73 bits per heavy atom. The van der Waals surface area contributed by atoms with Crippen molar-refractivity contribution in [1.82, 2.24) is 9.80 Å². The largest absolute Gasteiger partial charge is 0.468 e. The van der Waals surface area contributed by atoms with Gasteiger partial charge in [-0.25, -0.2) is 0 Å². The average Bonchev–Trinajstić information content (AvgIpc) is 3.17. The molecule has 37 heavy (non-hydrogen) atoms. The SMILES string of the molecule is COC(=O)CN1CCN(C(=O)c2ccc(Cl)c(CC3=CC4=C(C=C(C(F)(F)F)CC4C)C3C)c2Cl)CC1. The van der Waals surface area contributed by atoms with Crippen LogP contribution in [0.3, 0.4) is 0 Å². The number of hydrogen-bond acceptors (Lipinski definition) is 4. The molecule has 5 nitrogen and oxygen atoms in total. The summed E-state index contributed by atoms with van der Waals surface area (Å²) in [6.07, 6.45) is -0.803. The highest BCUT2D eigenvalue weighted by atomic mass is 35.5. The van der Waals surface area contributed by atoms with E-state index in [4.69, 9.17) is 27.9 Å². The van der Waals surface area contributed by atoms with E-state index in [1.165, 1.54) is 13.2 Å². The first-order valence-corrected chi connectivity index (χ1v) is 12.9. The fourth-order valence-electron chi connectivity index (χ4n) is 5.24. The highest BCUT2D eigenvalue weighted by Crippen LogP contribution is 2.47. The molecule has 0 spiro atoms. The fraction of sp³-hybridized carbons (Fsp3) is 0.481. The Hall–Kier alpha value is -2.29. The number of alkyl halides is 3. The van der Waals surface area contributed by atoms with E-state index < -0.39 is 11.7 Å². The van der Waals surface area contributed by atoms with Crippen molar-refractivity contribution in [2.45, 2.75) is 32.9 Å². The molecule has 2 atom stereocenters. The number of rotatable bonds is 5. The number of hydrogen-bond donors (Lipinski definition) is 0. The van der Waals surface area contributed by atoms with Crippen molar-refractivity contribution in [3.8, 4) is 0 Å². The highest BCUT2D eigenvalue weighted by molar-refractivity contribution is 6.38. The minimum absolute atomic E-state index is 0.0444. The van der Waals surface area contributed by atoms with E-state index in [2.05, 4.69) is 0 Å². The smallest absolute Gasteiger partial charge is 0.412 e. The van der Waals surface area contributed by atoms with Gasteiger partial charge in [0.15, 0.2) is 0 Å². The molecule has 0 N–H and O–H groups in total. The van der Waals surface area contributed by atoms with E-state index in [1.54, 1.807) is 17.0 Å². The molecule has 2 unspecified atom stereocenters. The van der Waals surface area contributed by atoms with Crippen LogP contribution in [0.5, 0.6) is 0 Å². The fourth-order valence-corrected chi connectivity index (χ4v) is 5.82. The van der Waals surface area contributed by atoms with Crippen molar-refractivity contribution in [2.75, 3.05) is 39.8 Å². The molecular weight excluding hydrogens is 528 g/mol. The second kappa shape index (κ2) is 10.8. The summed E-state index contributed by atoms with van der Waals surface area (Å²) < 4.78 is 44.9. The maximum atomic E-state index is 13.4. The van der Waals surface area contributed by atoms with Crippen molar-refractivity contribution >= 4 is 35.1 Å². The molecule has 1 heterocycles. The van der Waals surface area contributed by atoms with E-state index in [1.807, 2.05) is 24.8 Å². The third-order valence-electron chi connectivity index (χ3n) is 7.49. The van der Waals surface area contributed by atoms with Gasteiger partial charge in [0.2, 0.25) is 0 Å². The summed E-state index contributed by atoms with van der Waals surface area (Å²) in [6, 6.07) is 3.24. The van der Waals surface area contributed by atoms with Gasteiger partial charge in [-0.1, -0.05) is 48.7 Å². The standard InChI is InChI=1S/C27H29Cl2F3N2O3/c1-15-10-18(27(30,31)32)13-21-16(2)17(11-20(15)21)12-22-23(28)5-4-19(25(22)29)26(36)34-8-6-33(7-9-34)14-24(35)37-3/h4-5,11,13,15-16H,6-10,12,14H2,1-3H3. The van der Waals surface area contributed by atoms with Crippen LogP contribution in [0.25, 0.3) is 0 Å². The van der Waals surface area contributed by atoms with E-state index >= 15 is 0 Å². The lowest BCUT2D eigenvalue weighted by Crippen LogP contribution is -2.50. The summed E-state index contributed by atoms with van der Waals surface area (Å²) in [6.45, 7) is 5.82. The minimum atomic E-state index is -4.35. The molecule has 10 heteroatoms. The van der Waals surface area contributed by atoms with Crippen LogP contribution in [-0.4, -0.2) is 67.7 Å². The molecule has 0 saturated carbocycles. The third kappa shape index (κ3) is 5.76. The molecule has 0 bridgehead atoms. The molecule has 1 aromatic carbocycles. The molecule has 3 aliphatic rings. The van der Waals surface area contributed by atoms with Crippen LogP contribution >= 0.6 is 23.2 Å². The minimum Gasteiger partial charge on any atom is -0.468 e. The van der Waals surface area contributed by atoms with Crippen molar-refractivity contribution in [1.29, 1.82) is 0 Å². The summed E-state index contributed by atoms with van der Waals surface area (Å²) in [5.41, 5.74) is 2.94. The van der Waals surface area contributed by atoms with E-state index in [-0.39, 0.29) is 41.7 Å². The predicted molar refractivity (Wildman–Crippen MR) is 137 cm³/mol. The van der Waals surface area contributed by atoms with Crippen molar-refractivity contribution in [2.24, 2.45) is 11.8 Å². The molecule has 1 saturated heterocycles. The van der Waals surface area contributed by atoms with Gasteiger partial charge < -0.3 is 9.64 Å². The molecule has 1 aliphatic heterocycles. The summed E-state index contributed by atoms with van der Waals surface area (Å²) in [7, 11) is 1.34. The van der Waals surface area contributed by atoms with Gasteiger partial charge in [0.1, 0.15) is 0 Å². The number of allylic oxidation sites excluding steroid dienone is 6. The number of nitrogens with zero attached hydrogens (tertiary/aromatic N) is 2. The van der Waals surface area contributed by atoms with Gasteiger partial charge in [0.25, 0.3) is 5.91 Å². The Kier molecular flexibility index (Phi) is 8.12. The number of carbonyl (C=O) groups is 2. The van der Waals surface area contributed by atoms with Gasteiger partial charge >= 0.3 is 12.1 Å². The van der Waals surface area contributed by atoms with Crippen LogP contribution in [-0.2, 0) is 16.0 Å². The molecule has 0 aromatic heterocycles. The average molecular weight is 557 g/mol. The van der Waals surface area contributed by atoms with Gasteiger partial charge in [0, 0.05) is 42.7 Å². The second-order valence-electron chi connectivity index (χ2n) is 9.83. The van der Waals surface area contributed by atoms with Crippen LogP contribution in [0.2, 0.25) is 10.0 Å². The number of amides is 1. The third-order valence-corrected chi connectivity index (χ3v) is 8.27. The first kappa shape index (κ1) is 27.7. The molecule has 1 amide bonds. The van der Waals surface area contributed by atoms with Gasteiger partial charge in [-0.05, 0) is 53.7 Å². The van der Waals surface area contributed by atoms with E-state index in [9.17, 15) is 22.8 Å². The van der Waals surface area contributed by atoms with Gasteiger partial charge in [-0.3, -0.25) is 14.5 Å². The summed E-state index contributed by atoms with van der Waals surface area (Å²) in [5, 5.41) is 0.661. The normalized spacial score (nSPS) is 22.5. The van der Waals surface area contributed by atoms with E-state index in [0.717, 1.165) is 11.1 Å². The monoisotopic (exact) mass is 556 g/mol. The number of carbonyl (C=O) groups excluding carboxylic acids is 2. The first-order chi connectivity index (χ1) is 17.4. The number of ether oxygens (including phenoxy) is 1. The van der Waals surface area contributed by atoms with E-state index in [0.29, 0.717) is 54.3 Å². The quantitative estimate of drug-likeness (QED) is 0.426. The molecule has 2 aliphatic carbocycles. The maximum Gasteiger partial charge on any atom is 0.412 e. The Morgan fingerprint density at radius 1 is 1.05 bits per heavy atom. The number of piperazine rings is 1. The highest BCUT2D eigenvalue weighted by Gasteiger charge is 2.39. The topological polar surface area (TPSA) is 49.9 Å². The van der Waals surface area contributed by atoms with Gasteiger partial charge in [-0.2, -0.15) is 13.2 Å². The zero-order valence-electron chi connectivity index (χ0n) is 20.9. The molecule has 1 fully saturated rings. The van der Waals surface area contributed by atoms with Crippen molar-refractivity contribution < 1.29 is 27.5 Å². The Morgan fingerprint density at radius 3 is 2.35 bits per heavy atom. The molecule has 0 radical (unpaired) electrons. The van der Waals surface area contributed by atoms with Crippen molar-refractivity contribution in [3.05, 3.63) is 67.7 Å². The summed E-state index contributed by atoms with van der Waals surface area (Å²) >= 11 is 13.2. The van der Waals surface area contributed by atoms with Crippen LogP contribution in [0.15, 0.2) is 46.6 Å². The van der Waals surface area contributed by atoms with Crippen LogP contribution in [0.1, 0.15) is 36.2 Å². The van der Waals surface area contributed by atoms with Crippen molar-refractivity contribution in [3.63, 3.8) is 0 Å². The molecule has 1 aromatic rings. The summed E-state index contributed by atoms with van der Waals surface area (Å²) in [5.74, 6) is -1.01. The lowest BCUT2D eigenvalue weighted by molar-refractivity contribution is -0.142. The Labute approximate surface area is 224 Å². The summed E-state index contributed by atoms with van der Waals surface area (Å²) in [4.78, 5) is 28.4. The zero-order chi connectivity index (χ0) is 27.1. The van der Waals surface area contributed by atoms with Gasteiger partial charge in [0.05, 0.1) is 24.2 Å². The zero-order valence-corrected chi connectivity index (χ0v) is 22.4. The number of halogens is 5. The lowest BCUT2D eigenvalue weighted by atomic mass is 9.83. The number of benzene rings is 1. The van der Waals surface area contributed by atoms with Crippen LogP contribution < -0.4 is 0 Å². The molecular formula is C27H29Cl2F3N2O3. The Bertz CT molecular complexity index is 1200. The lowest BCUT2D eigenvalue weighted by Gasteiger charge is -2.34. The van der Waals surface area contributed by atoms with Gasteiger partial charge in [-0.15, -0.1) is 0 Å². The predicted octanol–water partition coefficient (Wildman–Crippen LogP) is 5.87. The van der Waals surface area contributed by atoms with Crippen LogP contribution in [0, 0.1) is 11.8 Å². The van der Waals surface area contributed by atoms with Crippen LogP contribution in [0.4, 0.5) is 13.2 Å². The first-order valence-electron chi connectivity index (χ1n) is 12.2. The Balaban J connectivity index is 1.51. The second-order valence-corrected chi connectivity index (χ2v) is 10.6. The molecule has 200 valence electrons. The number of methoxy groups -OCH3 is 1.